The van der Waals surface area contributed by atoms with Crippen molar-refractivity contribution < 1.29 is 8.42 Å². The van der Waals surface area contributed by atoms with E-state index in [1.54, 1.807) is 49.4 Å². The van der Waals surface area contributed by atoms with E-state index in [1.165, 1.54) is 16.4 Å². The number of nitrogens with one attached hydrogen (secondary N) is 1. The number of hydrogen-bond acceptors (Lipinski definition) is 3. The number of para-hydroxylation sites is 1. The molecular weight excluding hydrogens is 312 g/mol. The number of fused-ring (bicyclic) bond motifs is 1. The van der Waals surface area contributed by atoms with Crippen LogP contribution in [-0.2, 0) is 10.0 Å². The van der Waals surface area contributed by atoms with E-state index in [1.807, 2.05) is 6.07 Å². The van der Waals surface area contributed by atoms with Crippen LogP contribution in [0.1, 0.15) is 6.92 Å². The van der Waals surface area contributed by atoms with Gasteiger partial charge in [0.25, 0.3) is 10.0 Å². The molecule has 118 valence electrons. The lowest BCUT2D eigenvalue weighted by Gasteiger charge is -2.23. The Hall–Kier alpha value is -2.60. The molecule has 2 aromatic carbocycles. The Bertz CT molecular complexity index is 995. The van der Waals surface area contributed by atoms with Crippen LogP contribution in [0.2, 0.25) is 0 Å². The van der Waals surface area contributed by atoms with Crippen LogP contribution < -0.4 is 9.86 Å². The number of rotatable bonds is 4. The predicted octanol–water partition coefficient (Wildman–Crippen LogP) is 2.74. The number of sulfonamides is 1. The number of aromatic nitrogens is 1. The lowest BCUT2D eigenvalue weighted by molar-refractivity contribution is 0.592. The molecule has 0 bridgehead atoms. The minimum Gasteiger partial charge on any atom is -0.322 e. The van der Waals surface area contributed by atoms with E-state index in [9.17, 15) is 13.2 Å². The van der Waals surface area contributed by atoms with Crippen molar-refractivity contribution >= 4 is 26.6 Å². The Morgan fingerprint density at radius 2 is 1.74 bits per heavy atom. The quantitative estimate of drug-likeness (QED) is 0.800. The van der Waals surface area contributed by atoms with Crippen molar-refractivity contribution in [3.63, 3.8) is 0 Å². The zero-order valence-corrected chi connectivity index (χ0v) is 13.4. The predicted molar refractivity (Wildman–Crippen MR) is 91.2 cm³/mol. The summed E-state index contributed by atoms with van der Waals surface area (Å²) < 4.78 is 27.2. The van der Waals surface area contributed by atoms with Crippen molar-refractivity contribution in [3.05, 3.63) is 71.0 Å². The summed E-state index contributed by atoms with van der Waals surface area (Å²) in [5.74, 6) is 0. The van der Waals surface area contributed by atoms with Gasteiger partial charge in [-0.15, -0.1) is 0 Å². The van der Waals surface area contributed by atoms with Gasteiger partial charge in [0.2, 0.25) is 5.56 Å². The van der Waals surface area contributed by atoms with Gasteiger partial charge in [0.15, 0.2) is 0 Å². The van der Waals surface area contributed by atoms with Crippen LogP contribution in [0.15, 0.2) is 70.4 Å². The molecule has 0 saturated carbocycles. The Balaban J connectivity index is 2.11. The number of H-pyrrole nitrogens is 1. The van der Waals surface area contributed by atoms with Crippen LogP contribution in [0.25, 0.3) is 10.9 Å². The molecule has 0 atom stereocenters. The van der Waals surface area contributed by atoms with Crippen molar-refractivity contribution in [1.82, 2.24) is 4.98 Å². The molecule has 1 aromatic heterocycles. The molecule has 23 heavy (non-hydrogen) atoms. The molecule has 6 heteroatoms. The third-order valence-corrected chi connectivity index (χ3v) is 5.51. The normalized spacial score (nSPS) is 11.5. The number of aromatic amines is 1. The van der Waals surface area contributed by atoms with Crippen molar-refractivity contribution in [2.75, 3.05) is 10.8 Å². The van der Waals surface area contributed by atoms with Gasteiger partial charge in [-0.25, -0.2) is 8.42 Å². The third kappa shape index (κ3) is 2.85. The summed E-state index contributed by atoms with van der Waals surface area (Å²) in [6.45, 7) is 2.12. The topological polar surface area (TPSA) is 70.2 Å². The summed E-state index contributed by atoms with van der Waals surface area (Å²) in [4.78, 5) is 14.2. The highest BCUT2D eigenvalue weighted by atomic mass is 32.2. The molecular formula is C17H16N2O3S. The van der Waals surface area contributed by atoms with Gasteiger partial charge in [0.1, 0.15) is 0 Å². The lowest BCUT2D eigenvalue weighted by atomic mass is 10.2. The molecule has 3 rings (SSSR count). The van der Waals surface area contributed by atoms with Crippen molar-refractivity contribution in [2.24, 2.45) is 0 Å². The summed E-state index contributed by atoms with van der Waals surface area (Å²) in [5, 5.41) is 0.676. The second-order valence-corrected chi connectivity index (χ2v) is 6.94. The molecule has 3 aromatic rings. The Labute approximate surface area is 134 Å². The first-order valence-corrected chi connectivity index (χ1v) is 8.67. The molecule has 0 amide bonds. The largest absolute Gasteiger partial charge is 0.322 e. The van der Waals surface area contributed by atoms with Crippen LogP contribution in [0.5, 0.6) is 0 Å². The average molecular weight is 328 g/mol. The Morgan fingerprint density at radius 3 is 2.43 bits per heavy atom. The van der Waals surface area contributed by atoms with Crippen LogP contribution in [0.3, 0.4) is 0 Å². The third-order valence-electron chi connectivity index (χ3n) is 3.61. The Morgan fingerprint density at radius 1 is 1.00 bits per heavy atom. The highest BCUT2D eigenvalue weighted by Gasteiger charge is 2.23. The number of nitrogens with zero attached hydrogens (tertiary/aromatic N) is 1. The molecule has 0 fully saturated rings. The van der Waals surface area contributed by atoms with Crippen molar-refractivity contribution in [3.8, 4) is 0 Å². The first-order valence-electron chi connectivity index (χ1n) is 7.23. The maximum absolute atomic E-state index is 12.9. The highest BCUT2D eigenvalue weighted by molar-refractivity contribution is 7.92. The number of pyridine rings is 1. The molecule has 0 spiro atoms. The fraction of sp³-hybridized carbons (Fsp3) is 0.118. The van der Waals surface area contributed by atoms with Gasteiger partial charge in [-0.1, -0.05) is 18.2 Å². The van der Waals surface area contributed by atoms with Gasteiger partial charge in [-0.2, -0.15) is 0 Å². The minimum absolute atomic E-state index is 0.197. The SMILES string of the molecule is CCN(c1ccccc1)S(=O)(=O)c1ccc2[nH]c(=O)ccc2c1. The highest BCUT2D eigenvalue weighted by Crippen LogP contribution is 2.25. The minimum atomic E-state index is -3.66. The van der Waals surface area contributed by atoms with Gasteiger partial charge in [-0.05, 0) is 48.7 Å². The van der Waals surface area contributed by atoms with E-state index in [-0.39, 0.29) is 10.5 Å². The van der Waals surface area contributed by atoms with Gasteiger partial charge in [0, 0.05) is 18.1 Å². The second kappa shape index (κ2) is 5.89. The molecule has 1 heterocycles. The summed E-state index contributed by atoms with van der Waals surface area (Å²) >= 11 is 0. The smallest absolute Gasteiger partial charge is 0.264 e. The van der Waals surface area contributed by atoms with Crippen LogP contribution in [-0.4, -0.2) is 19.9 Å². The standard InChI is InChI=1S/C17H16N2O3S/c1-2-19(14-6-4-3-5-7-14)23(21,22)15-9-10-16-13(12-15)8-11-17(20)18-16/h3-12H,2H2,1H3,(H,18,20). The molecule has 0 radical (unpaired) electrons. The van der Waals surface area contributed by atoms with E-state index >= 15 is 0 Å². The first-order chi connectivity index (χ1) is 11.0. The number of benzene rings is 2. The van der Waals surface area contributed by atoms with Gasteiger partial charge in [-0.3, -0.25) is 9.10 Å². The van der Waals surface area contributed by atoms with E-state index < -0.39 is 10.0 Å². The summed E-state index contributed by atoms with van der Waals surface area (Å²) in [6, 6.07) is 16.7. The van der Waals surface area contributed by atoms with Crippen molar-refractivity contribution in [1.29, 1.82) is 0 Å². The van der Waals surface area contributed by atoms with E-state index in [2.05, 4.69) is 4.98 Å². The van der Waals surface area contributed by atoms with Crippen LogP contribution in [0.4, 0.5) is 5.69 Å². The maximum atomic E-state index is 12.9. The summed E-state index contributed by atoms with van der Waals surface area (Å²) in [6.07, 6.45) is 0. The van der Waals surface area contributed by atoms with Gasteiger partial charge >= 0.3 is 0 Å². The summed E-state index contributed by atoms with van der Waals surface area (Å²) in [7, 11) is -3.66. The van der Waals surface area contributed by atoms with E-state index in [0.29, 0.717) is 23.1 Å². The molecule has 1 N–H and O–H groups in total. The summed E-state index contributed by atoms with van der Waals surface area (Å²) in [5.41, 5.74) is 1.02. The van der Waals surface area contributed by atoms with E-state index in [4.69, 9.17) is 0 Å². The zero-order valence-electron chi connectivity index (χ0n) is 12.6. The average Bonchev–Trinajstić information content (AvgIpc) is 2.55. The fourth-order valence-corrected chi connectivity index (χ4v) is 4.02. The van der Waals surface area contributed by atoms with Crippen LogP contribution in [0, 0.1) is 0 Å². The zero-order chi connectivity index (χ0) is 16.4. The maximum Gasteiger partial charge on any atom is 0.264 e. The van der Waals surface area contributed by atoms with Crippen molar-refractivity contribution in [2.45, 2.75) is 11.8 Å². The molecule has 5 nitrogen and oxygen atoms in total. The molecule has 0 aliphatic carbocycles. The molecule has 0 aliphatic heterocycles. The van der Waals surface area contributed by atoms with Gasteiger partial charge < -0.3 is 4.98 Å². The van der Waals surface area contributed by atoms with Gasteiger partial charge in [0.05, 0.1) is 10.6 Å². The van der Waals surface area contributed by atoms with E-state index in [0.717, 1.165) is 0 Å². The second-order valence-electron chi connectivity index (χ2n) is 5.08. The molecule has 0 saturated heterocycles. The number of hydrogen-bond donors (Lipinski definition) is 1. The fourth-order valence-electron chi connectivity index (χ4n) is 2.51. The molecule has 0 unspecified atom stereocenters. The Kier molecular flexibility index (Phi) is 3.92. The molecule has 0 aliphatic rings. The van der Waals surface area contributed by atoms with Crippen LogP contribution >= 0.6 is 0 Å². The number of anilines is 1. The lowest BCUT2D eigenvalue weighted by Crippen LogP contribution is -2.30. The first kappa shape index (κ1) is 15.3. The monoisotopic (exact) mass is 328 g/mol.